The highest BCUT2D eigenvalue weighted by Crippen LogP contribution is 2.20. The molecule has 0 atom stereocenters. The zero-order chi connectivity index (χ0) is 11.2. The van der Waals surface area contributed by atoms with E-state index in [9.17, 15) is 9.59 Å². The standard InChI is InChI=1S/C10H8BrNO3/c1-5-3-6-8(4-7(5)11)12(2)10(14)15-9(6)13/h3-4H,1-2H3. The van der Waals surface area contributed by atoms with E-state index >= 15 is 0 Å². The summed E-state index contributed by atoms with van der Waals surface area (Å²) in [4.78, 5) is 22.7. The Bertz CT molecular complexity index is 654. The number of hydrogen-bond donors (Lipinski definition) is 0. The first-order valence-electron chi connectivity index (χ1n) is 4.30. The van der Waals surface area contributed by atoms with Gasteiger partial charge in [-0.15, -0.1) is 0 Å². The number of aryl methyl sites for hydroxylation is 2. The second kappa shape index (κ2) is 3.34. The van der Waals surface area contributed by atoms with Crippen molar-refractivity contribution in [2.75, 3.05) is 0 Å². The maximum atomic E-state index is 11.4. The summed E-state index contributed by atoms with van der Waals surface area (Å²) in [7, 11) is 1.56. The van der Waals surface area contributed by atoms with Crippen molar-refractivity contribution in [3.05, 3.63) is 43.1 Å². The molecule has 15 heavy (non-hydrogen) atoms. The third-order valence-corrected chi connectivity index (χ3v) is 3.17. The highest BCUT2D eigenvalue weighted by Gasteiger charge is 2.08. The molecule has 1 aromatic heterocycles. The summed E-state index contributed by atoms with van der Waals surface area (Å²) in [6.45, 7) is 1.87. The summed E-state index contributed by atoms with van der Waals surface area (Å²) in [5.41, 5.74) is 0.894. The number of benzene rings is 1. The van der Waals surface area contributed by atoms with Gasteiger partial charge in [-0.25, -0.2) is 9.59 Å². The molecule has 2 aromatic rings. The lowest BCUT2D eigenvalue weighted by Crippen LogP contribution is -2.22. The van der Waals surface area contributed by atoms with Crippen molar-refractivity contribution in [1.29, 1.82) is 0 Å². The Labute approximate surface area is 93.3 Å². The van der Waals surface area contributed by atoms with Crippen LogP contribution in [0.5, 0.6) is 0 Å². The van der Waals surface area contributed by atoms with Crippen LogP contribution in [0.2, 0.25) is 0 Å². The van der Waals surface area contributed by atoms with Gasteiger partial charge in [0.2, 0.25) is 0 Å². The van der Waals surface area contributed by atoms with E-state index in [1.807, 2.05) is 6.92 Å². The quantitative estimate of drug-likeness (QED) is 0.730. The minimum atomic E-state index is -0.650. The van der Waals surface area contributed by atoms with Gasteiger partial charge in [-0.1, -0.05) is 15.9 Å². The highest BCUT2D eigenvalue weighted by atomic mass is 79.9. The van der Waals surface area contributed by atoms with Crippen LogP contribution in [-0.2, 0) is 7.05 Å². The lowest BCUT2D eigenvalue weighted by Gasteiger charge is -2.04. The van der Waals surface area contributed by atoms with Gasteiger partial charge in [0.05, 0.1) is 10.9 Å². The van der Waals surface area contributed by atoms with Gasteiger partial charge in [0.1, 0.15) is 0 Å². The molecule has 0 bridgehead atoms. The molecule has 0 aliphatic carbocycles. The van der Waals surface area contributed by atoms with Gasteiger partial charge in [0, 0.05) is 11.5 Å². The zero-order valence-electron chi connectivity index (χ0n) is 8.20. The van der Waals surface area contributed by atoms with Gasteiger partial charge in [0.25, 0.3) is 0 Å². The van der Waals surface area contributed by atoms with Crippen molar-refractivity contribution >= 4 is 26.8 Å². The van der Waals surface area contributed by atoms with E-state index < -0.39 is 11.4 Å². The van der Waals surface area contributed by atoms with Gasteiger partial charge in [-0.3, -0.25) is 4.57 Å². The van der Waals surface area contributed by atoms with Crippen molar-refractivity contribution in [2.24, 2.45) is 7.05 Å². The van der Waals surface area contributed by atoms with Crippen LogP contribution in [0.3, 0.4) is 0 Å². The Hall–Kier alpha value is -1.36. The van der Waals surface area contributed by atoms with Crippen molar-refractivity contribution in [2.45, 2.75) is 6.92 Å². The molecule has 0 N–H and O–H groups in total. The average molecular weight is 270 g/mol. The number of halogens is 1. The van der Waals surface area contributed by atoms with Crippen molar-refractivity contribution < 1.29 is 4.42 Å². The van der Waals surface area contributed by atoms with Gasteiger partial charge in [0.15, 0.2) is 0 Å². The number of fused-ring (bicyclic) bond motifs is 1. The molecule has 0 spiro atoms. The summed E-state index contributed by atoms with van der Waals surface area (Å²) in [5.74, 6) is -0.650. The SMILES string of the molecule is Cc1cc2c(=O)oc(=O)n(C)c2cc1Br. The molecule has 0 unspecified atom stereocenters. The van der Waals surface area contributed by atoms with Crippen LogP contribution in [0, 0.1) is 6.92 Å². The van der Waals surface area contributed by atoms with Crippen LogP contribution in [0.15, 0.2) is 30.6 Å². The fourth-order valence-electron chi connectivity index (χ4n) is 1.41. The molecule has 0 fully saturated rings. The van der Waals surface area contributed by atoms with Crippen molar-refractivity contribution in [1.82, 2.24) is 4.57 Å². The Kier molecular flexibility index (Phi) is 2.26. The van der Waals surface area contributed by atoms with Crippen molar-refractivity contribution in [3.8, 4) is 0 Å². The summed E-state index contributed by atoms with van der Waals surface area (Å²) in [6.07, 6.45) is 0. The predicted molar refractivity (Wildman–Crippen MR) is 60.2 cm³/mol. The van der Waals surface area contributed by atoms with Crippen LogP contribution in [0.1, 0.15) is 5.56 Å². The highest BCUT2D eigenvalue weighted by molar-refractivity contribution is 9.10. The lowest BCUT2D eigenvalue weighted by atomic mass is 10.2. The minimum Gasteiger partial charge on any atom is -0.372 e. The third-order valence-electron chi connectivity index (χ3n) is 2.31. The number of aromatic nitrogens is 1. The van der Waals surface area contributed by atoms with Gasteiger partial charge >= 0.3 is 11.4 Å². The molecule has 0 saturated heterocycles. The van der Waals surface area contributed by atoms with E-state index in [0.29, 0.717) is 10.9 Å². The zero-order valence-corrected chi connectivity index (χ0v) is 9.79. The first kappa shape index (κ1) is 10.2. The van der Waals surface area contributed by atoms with E-state index in [-0.39, 0.29) is 0 Å². The van der Waals surface area contributed by atoms with E-state index in [4.69, 9.17) is 0 Å². The van der Waals surface area contributed by atoms with E-state index in [2.05, 4.69) is 20.3 Å². The first-order valence-corrected chi connectivity index (χ1v) is 5.10. The lowest BCUT2D eigenvalue weighted by molar-refractivity contribution is 0.433. The summed E-state index contributed by atoms with van der Waals surface area (Å²) in [5, 5.41) is 0.415. The number of rotatable bonds is 0. The maximum absolute atomic E-state index is 11.4. The van der Waals surface area contributed by atoms with Crippen LogP contribution in [-0.4, -0.2) is 4.57 Å². The monoisotopic (exact) mass is 269 g/mol. The van der Waals surface area contributed by atoms with Gasteiger partial charge in [-0.2, -0.15) is 0 Å². The molecule has 78 valence electrons. The van der Waals surface area contributed by atoms with Crippen molar-refractivity contribution in [3.63, 3.8) is 0 Å². The fourth-order valence-corrected chi connectivity index (χ4v) is 1.74. The second-order valence-electron chi connectivity index (χ2n) is 3.33. The Morgan fingerprint density at radius 1 is 1.33 bits per heavy atom. The normalized spacial score (nSPS) is 10.9. The number of hydrogen-bond acceptors (Lipinski definition) is 3. The van der Waals surface area contributed by atoms with Gasteiger partial charge in [-0.05, 0) is 24.6 Å². The Balaban J connectivity index is 3.11. The molecule has 4 nitrogen and oxygen atoms in total. The fraction of sp³-hybridized carbons (Fsp3) is 0.200. The molecular formula is C10H8BrNO3. The largest absolute Gasteiger partial charge is 0.422 e. The van der Waals surface area contributed by atoms with Crippen LogP contribution in [0.25, 0.3) is 10.9 Å². The molecule has 1 heterocycles. The predicted octanol–water partition coefficient (Wildman–Crippen LogP) is 1.56. The van der Waals surface area contributed by atoms with Crippen LogP contribution < -0.4 is 11.4 Å². The van der Waals surface area contributed by atoms with E-state index in [1.54, 1.807) is 19.2 Å². The van der Waals surface area contributed by atoms with Crippen LogP contribution in [0.4, 0.5) is 0 Å². The third kappa shape index (κ3) is 1.52. The Morgan fingerprint density at radius 3 is 2.67 bits per heavy atom. The first-order chi connectivity index (χ1) is 7.00. The number of nitrogens with zero attached hydrogens (tertiary/aromatic N) is 1. The summed E-state index contributed by atoms with van der Waals surface area (Å²) < 4.78 is 6.72. The molecule has 1 aromatic carbocycles. The van der Waals surface area contributed by atoms with E-state index in [0.717, 1.165) is 10.0 Å². The molecule has 0 aliphatic rings. The molecule has 5 heteroatoms. The minimum absolute atomic E-state index is 0.415. The van der Waals surface area contributed by atoms with E-state index in [1.165, 1.54) is 4.57 Å². The van der Waals surface area contributed by atoms with Gasteiger partial charge < -0.3 is 4.42 Å². The summed E-state index contributed by atoms with van der Waals surface area (Å²) in [6, 6.07) is 3.44. The maximum Gasteiger partial charge on any atom is 0.422 e. The Morgan fingerprint density at radius 2 is 2.00 bits per heavy atom. The summed E-state index contributed by atoms with van der Waals surface area (Å²) >= 11 is 3.35. The smallest absolute Gasteiger partial charge is 0.372 e. The topological polar surface area (TPSA) is 52.2 Å². The molecule has 0 radical (unpaired) electrons. The second-order valence-corrected chi connectivity index (χ2v) is 4.19. The van der Waals surface area contributed by atoms with Crippen LogP contribution >= 0.6 is 15.9 Å². The molecule has 0 amide bonds. The average Bonchev–Trinajstić information content (AvgIpc) is 2.18. The molecular weight excluding hydrogens is 262 g/mol. The molecule has 2 rings (SSSR count). The molecule has 0 saturated carbocycles. The molecule has 0 aliphatic heterocycles.